The zero-order valence-electron chi connectivity index (χ0n) is 34.0. The molecule has 18 heteroatoms. The van der Waals surface area contributed by atoms with Crippen LogP contribution in [-0.2, 0) is 27.4 Å². The van der Waals surface area contributed by atoms with Gasteiger partial charge in [0.05, 0.1) is 67.4 Å². The van der Waals surface area contributed by atoms with Crippen LogP contribution in [0.25, 0.3) is 32.1 Å². The fraction of sp³-hybridized carbons (Fsp3) is 0.545. The molecule has 0 radical (unpaired) electrons. The molecule has 3 N–H and O–H groups in total. The predicted molar refractivity (Wildman–Crippen MR) is 222 cm³/mol. The third-order valence-electron chi connectivity index (χ3n) is 14.4. The van der Waals surface area contributed by atoms with Crippen LogP contribution in [0.3, 0.4) is 0 Å². The van der Waals surface area contributed by atoms with Crippen molar-refractivity contribution in [1.82, 2.24) is 25.1 Å². The minimum atomic E-state index is -1.71. The van der Waals surface area contributed by atoms with E-state index >= 15 is 8.78 Å². The highest BCUT2D eigenvalue weighted by atomic mass is 32.1. The average Bonchev–Trinajstić information content (AvgIpc) is 3.71. The monoisotopic (exact) mass is 874 g/mol. The Kier molecular flexibility index (Phi) is 9.98. The number of hydrogen-bond acceptors (Lipinski definition) is 13. The van der Waals surface area contributed by atoms with Gasteiger partial charge >= 0.3 is 12.1 Å². The summed E-state index contributed by atoms with van der Waals surface area (Å²) in [7, 11) is 0. The van der Waals surface area contributed by atoms with Gasteiger partial charge < -0.3 is 44.7 Å². The number of nitrogens with zero attached hydrogens (tertiary/aromatic N) is 6. The summed E-state index contributed by atoms with van der Waals surface area (Å²) < 4.78 is 85.5. The first kappa shape index (κ1) is 40.0. The van der Waals surface area contributed by atoms with E-state index in [1.807, 2.05) is 0 Å². The molecule has 2 aromatic carbocycles. The second kappa shape index (κ2) is 15.5. The van der Waals surface area contributed by atoms with Crippen LogP contribution in [0.1, 0.15) is 61.6 Å². The van der Waals surface area contributed by atoms with Gasteiger partial charge in [0.2, 0.25) is 0 Å². The van der Waals surface area contributed by atoms with Gasteiger partial charge in [-0.1, -0.05) is 6.07 Å². The Balaban J connectivity index is 0.885. The highest BCUT2D eigenvalue weighted by Gasteiger charge is 2.47. The van der Waals surface area contributed by atoms with Gasteiger partial charge in [0.15, 0.2) is 5.82 Å². The summed E-state index contributed by atoms with van der Waals surface area (Å²) in [5.41, 5.74) is 7.99. The normalized spacial score (nSPS) is 26.3. The lowest BCUT2D eigenvalue weighted by atomic mass is 9.90. The van der Waals surface area contributed by atoms with Crippen LogP contribution in [0.2, 0.25) is 0 Å². The number of morpholine rings is 1. The van der Waals surface area contributed by atoms with Crippen LogP contribution in [0.4, 0.5) is 33.2 Å². The van der Waals surface area contributed by atoms with Crippen LogP contribution in [0.15, 0.2) is 23.8 Å². The number of hydrogen-bond donors (Lipinski definition) is 2. The summed E-state index contributed by atoms with van der Waals surface area (Å²) in [5, 5.41) is 14.6. The third kappa shape index (κ3) is 6.73. The van der Waals surface area contributed by atoms with Crippen molar-refractivity contribution in [2.24, 2.45) is 11.3 Å². The number of piperazine rings is 1. The van der Waals surface area contributed by atoms with Gasteiger partial charge in [-0.2, -0.15) is 24.0 Å². The average molecular weight is 875 g/mol. The molecule has 3 unspecified atom stereocenters. The second-order valence-corrected chi connectivity index (χ2v) is 19.1. The number of fused-ring (bicyclic) bond motifs is 8. The molecule has 6 aliphatic heterocycles. The number of nitrogens with one attached hydrogen (secondary N) is 1. The van der Waals surface area contributed by atoms with Crippen LogP contribution in [-0.4, -0.2) is 109 Å². The maximum Gasteiger partial charge on any atom is 0.410 e. The molecule has 1 saturated carbocycles. The zero-order valence-corrected chi connectivity index (χ0v) is 34.8. The van der Waals surface area contributed by atoms with Crippen molar-refractivity contribution in [2.75, 3.05) is 69.7 Å². The number of likely N-dealkylation sites (tertiary alicyclic amines) is 2. The maximum absolute atomic E-state index is 17.6. The van der Waals surface area contributed by atoms with E-state index in [2.05, 4.69) is 21.2 Å². The summed E-state index contributed by atoms with van der Waals surface area (Å²) in [6.07, 6.45) is 2.79. The van der Waals surface area contributed by atoms with E-state index < -0.39 is 29.7 Å². The van der Waals surface area contributed by atoms with Gasteiger partial charge in [0, 0.05) is 66.1 Å². The number of thiophene rings is 1. The molecule has 13 nitrogen and oxygen atoms in total. The van der Waals surface area contributed by atoms with Crippen molar-refractivity contribution in [3.8, 4) is 23.2 Å². The van der Waals surface area contributed by atoms with E-state index in [9.17, 15) is 18.8 Å². The number of carbonyl (C=O) groups is 1. The first-order chi connectivity index (χ1) is 30.1. The zero-order chi connectivity index (χ0) is 42.4. The number of carbonyl (C=O) groups excluding carboxylic acids is 1. The molecule has 8 heterocycles. The molecule has 326 valence electrons. The quantitative estimate of drug-likeness (QED) is 0.170. The number of halogens is 4. The maximum atomic E-state index is 17.6. The number of rotatable bonds is 9. The first-order valence-electron chi connectivity index (χ1n) is 21.6. The topological polar surface area (TPSA) is 151 Å². The summed E-state index contributed by atoms with van der Waals surface area (Å²) in [4.78, 5) is 28.9. The van der Waals surface area contributed by atoms with E-state index in [1.165, 1.54) is 12.1 Å². The Bertz CT molecular complexity index is 2560. The molecule has 4 bridgehead atoms. The lowest BCUT2D eigenvalue weighted by Crippen LogP contribution is -2.52. The first-order valence-corrected chi connectivity index (χ1v) is 22.4. The van der Waals surface area contributed by atoms with E-state index in [0.29, 0.717) is 61.5 Å². The molecule has 4 aromatic rings. The summed E-state index contributed by atoms with van der Waals surface area (Å²) in [6.45, 7) is 4.48. The summed E-state index contributed by atoms with van der Waals surface area (Å²) >= 11 is 0.958. The van der Waals surface area contributed by atoms with Crippen molar-refractivity contribution < 1.29 is 41.3 Å². The molecule has 1 amide bonds. The SMILES string of the molecule is N#Cc1c(N)sc2c(F)ccc(-c3c4c(c5c(N6C7CCC6CNC7)nc(OCC6(CN7CCC(=C(F)F)C(COC(=O)N8C[C@H]9C[C@@H]8CO9)CC7)CC6)nc5c3F)COC4)c12. The lowest BCUT2D eigenvalue weighted by molar-refractivity contribution is 0.0192. The minimum absolute atomic E-state index is 0.0178. The predicted octanol–water partition coefficient (Wildman–Crippen LogP) is 6.85. The number of amides is 1. The number of aromatic nitrogens is 2. The van der Waals surface area contributed by atoms with Gasteiger partial charge in [-0.15, -0.1) is 11.3 Å². The molecule has 2 aromatic heterocycles. The van der Waals surface area contributed by atoms with Crippen molar-refractivity contribution in [1.29, 1.82) is 5.26 Å². The van der Waals surface area contributed by atoms with E-state index in [1.54, 1.807) is 4.90 Å². The fourth-order valence-electron chi connectivity index (χ4n) is 11.0. The highest BCUT2D eigenvalue weighted by molar-refractivity contribution is 7.23. The Morgan fingerprint density at radius 1 is 1.06 bits per heavy atom. The summed E-state index contributed by atoms with van der Waals surface area (Å²) in [6, 6.07) is 5.14. The molecule has 11 rings (SSSR count). The Hall–Kier alpha value is -4.80. The van der Waals surface area contributed by atoms with E-state index in [0.717, 1.165) is 62.1 Å². The van der Waals surface area contributed by atoms with Gasteiger partial charge in [-0.25, -0.2) is 13.6 Å². The molecular formula is C44H46F4N8O5S. The Morgan fingerprint density at radius 3 is 2.60 bits per heavy atom. The lowest BCUT2D eigenvalue weighted by Gasteiger charge is -2.37. The van der Waals surface area contributed by atoms with Crippen molar-refractivity contribution in [3.05, 3.63) is 52.1 Å². The number of nitrogens with two attached hydrogens (primary N) is 1. The van der Waals surface area contributed by atoms with Crippen molar-refractivity contribution >= 4 is 49.2 Å². The van der Waals surface area contributed by atoms with Crippen molar-refractivity contribution in [3.63, 3.8) is 0 Å². The Morgan fingerprint density at radius 2 is 1.87 bits per heavy atom. The van der Waals surface area contributed by atoms with Gasteiger partial charge in [0.1, 0.15) is 28.2 Å². The van der Waals surface area contributed by atoms with Crippen molar-refractivity contribution in [2.45, 2.75) is 82.4 Å². The molecule has 5 atom stereocenters. The Labute approximate surface area is 358 Å². The minimum Gasteiger partial charge on any atom is -0.463 e. The van der Waals surface area contributed by atoms with Gasteiger partial charge in [-0.3, -0.25) is 0 Å². The number of nitriles is 1. The third-order valence-corrected chi connectivity index (χ3v) is 15.4. The fourth-order valence-corrected chi connectivity index (χ4v) is 11.9. The van der Waals surface area contributed by atoms with Gasteiger partial charge in [-0.05, 0) is 74.2 Å². The molecule has 1 aliphatic carbocycles. The smallest absolute Gasteiger partial charge is 0.410 e. The standard InChI is InChI=1S/C44H46F4N8O5S/c45-32-4-3-28(34-29(12-49)40(50)62-38(32)34)33-30-18-58-19-31(30)35-37(36(33)46)52-42(53-41(35)56-23-1-2-24(56)14-51-13-23)61-21-44(7-8-44)20-54-9-5-22(27(6-10-54)39(47)48)16-60-43(57)55-15-26-11-25(55)17-59-26/h3-4,22-26,51H,1-2,5-11,13-21,50H2/t22?,23?,24?,25-,26-/m1/s1. The van der Waals surface area contributed by atoms with Crippen LogP contribution >= 0.6 is 11.3 Å². The molecule has 7 aliphatic rings. The van der Waals surface area contributed by atoms with Gasteiger partial charge in [0.25, 0.3) is 6.08 Å². The number of benzene rings is 2. The molecular weight excluding hydrogens is 829 g/mol. The van der Waals surface area contributed by atoms with Crippen LogP contribution in [0.5, 0.6) is 6.01 Å². The second-order valence-electron chi connectivity index (χ2n) is 18.1. The number of nitrogen functional groups attached to an aromatic ring is 1. The van der Waals surface area contributed by atoms with Crippen LogP contribution < -0.4 is 20.7 Å². The number of ether oxygens (including phenoxy) is 4. The molecule has 0 spiro atoms. The number of anilines is 2. The molecule has 5 saturated heterocycles. The largest absolute Gasteiger partial charge is 0.463 e. The molecule has 6 fully saturated rings. The highest BCUT2D eigenvalue weighted by Crippen LogP contribution is 2.50. The molecule has 62 heavy (non-hydrogen) atoms. The summed E-state index contributed by atoms with van der Waals surface area (Å²) in [5.74, 6) is -1.18. The van der Waals surface area contributed by atoms with Crippen LogP contribution in [0, 0.1) is 34.3 Å². The van der Waals surface area contributed by atoms with E-state index in [4.69, 9.17) is 34.6 Å². The van der Waals surface area contributed by atoms with E-state index in [-0.39, 0.29) is 106 Å².